The molecule has 2 heterocycles. The molecular formula is C65H52N2. The Kier molecular flexibility index (Phi) is 10.1. The van der Waals surface area contributed by atoms with Crippen LogP contribution in [0.3, 0.4) is 0 Å². The topological polar surface area (TPSA) is 15.6 Å². The third kappa shape index (κ3) is 6.73. The fourth-order valence-electron chi connectivity index (χ4n) is 11.5. The molecule has 322 valence electrons. The molecule has 12 rings (SSSR count). The normalized spacial score (nSPS) is 17.0. The number of allylic oxidation sites excluding steroid dienone is 4. The number of hydrogen-bond donors (Lipinski definition) is 0. The van der Waals surface area contributed by atoms with Gasteiger partial charge in [0.1, 0.15) is 0 Å². The summed E-state index contributed by atoms with van der Waals surface area (Å²) in [5.41, 5.74) is 20.6. The SMILES string of the molecule is CC(C)/C=C(\C=C(/C1=NC(c2ccc(-c3ccc4c(c3)C3(c5ccccc5N(c5ccccc5)c5ccccc53)c3c-4ccc4ccccc34)cc2)C(C)C1)c1ccccc1)c1ccccc1. The lowest BCUT2D eigenvalue weighted by Gasteiger charge is -2.45. The van der Waals surface area contributed by atoms with Gasteiger partial charge in [0.15, 0.2) is 0 Å². The molecule has 2 aliphatic heterocycles. The second-order valence-electron chi connectivity index (χ2n) is 18.9. The molecule has 2 nitrogen and oxygen atoms in total. The third-order valence-corrected chi connectivity index (χ3v) is 14.4. The van der Waals surface area contributed by atoms with Gasteiger partial charge in [0.25, 0.3) is 0 Å². The van der Waals surface area contributed by atoms with Gasteiger partial charge in [-0.25, -0.2) is 0 Å². The molecule has 9 aromatic rings. The second-order valence-corrected chi connectivity index (χ2v) is 18.9. The molecule has 0 saturated carbocycles. The van der Waals surface area contributed by atoms with Gasteiger partial charge in [-0.05, 0) is 132 Å². The van der Waals surface area contributed by atoms with E-state index < -0.39 is 5.41 Å². The Labute approximate surface area is 395 Å². The van der Waals surface area contributed by atoms with Crippen molar-refractivity contribution in [1.82, 2.24) is 0 Å². The molecule has 2 unspecified atom stereocenters. The van der Waals surface area contributed by atoms with Crippen LogP contribution in [0.25, 0.3) is 44.2 Å². The molecule has 0 bridgehead atoms. The summed E-state index contributed by atoms with van der Waals surface area (Å²) in [4.78, 5) is 8.04. The van der Waals surface area contributed by atoms with Crippen molar-refractivity contribution in [3.8, 4) is 22.3 Å². The van der Waals surface area contributed by atoms with Gasteiger partial charge in [0, 0.05) is 17.0 Å². The zero-order valence-electron chi connectivity index (χ0n) is 38.3. The molecule has 1 spiro atoms. The lowest BCUT2D eigenvalue weighted by molar-refractivity contribution is 0.526. The van der Waals surface area contributed by atoms with E-state index in [0.717, 1.165) is 12.1 Å². The van der Waals surface area contributed by atoms with Crippen LogP contribution in [0.5, 0.6) is 0 Å². The van der Waals surface area contributed by atoms with Crippen molar-refractivity contribution in [2.24, 2.45) is 16.8 Å². The number of rotatable bonds is 8. The number of para-hydroxylation sites is 3. The first-order valence-corrected chi connectivity index (χ1v) is 23.9. The summed E-state index contributed by atoms with van der Waals surface area (Å²) in [5.74, 6) is 0.766. The van der Waals surface area contributed by atoms with Gasteiger partial charge in [-0.2, -0.15) is 0 Å². The number of hydrogen-bond acceptors (Lipinski definition) is 2. The highest BCUT2D eigenvalue weighted by molar-refractivity contribution is 6.26. The Morgan fingerprint density at radius 2 is 1.15 bits per heavy atom. The Bertz CT molecular complexity index is 3360. The number of anilines is 3. The molecule has 0 amide bonds. The number of fused-ring (bicyclic) bond motifs is 11. The smallest absolute Gasteiger partial charge is 0.0781 e. The zero-order chi connectivity index (χ0) is 45.1. The molecule has 0 N–H and O–H groups in total. The molecule has 2 heteroatoms. The van der Waals surface area contributed by atoms with E-state index in [-0.39, 0.29) is 6.04 Å². The number of benzene rings is 9. The van der Waals surface area contributed by atoms with Crippen LogP contribution < -0.4 is 4.90 Å². The predicted molar refractivity (Wildman–Crippen MR) is 283 cm³/mol. The van der Waals surface area contributed by atoms with Gasteiger partial charge in [0.05, 0.1) is 22.8 Å². The predicted octanol–water partition coefficient (Wildman–Crippen LogP) is 17.0. The molecule has 0 radical (unpaired) electrons. The van der Waals surface area contributed by atoms with Crippen LogP contribution in [-0.2, 0) is 5.41 Å². The first-order valence-electron chi connectivity index (χ1n) is 23.9. The molecule has 0 saturated heterocycles. The van der Waals surface area contributed by atoms with Crippen molar-refractivity contribution >= 4 is 44.7 Å². The van der Waals surface area contributed by atoms with E-state index in [1.165, 1.54) is 100 Å². The maximum atomic E-state index is 5.58. The van der Waals surface area contributed by atoms with Crippen molar-refractivity contribution in [3.63, 3.8) is 0 Å². The summed E-state index contributed by atoms with van der Waals surface area (Å²) in [5, 5.41) is 2.55. The van der Waals surface area contributed by atoms with E-state index in [2.05, 4.69) is 256 Å². The van der Waals surface area contributed by atoms with Crippen LogP contribution in [0.4, 0.5) is 17.1 Å². The van der Waals surface area contributed by atoms with E-state index in [4.69, 9.17) is 4.99 Å². The largest absolute Gasteiger partial charge is 0.310 e. The Morgan fingerprint density at radius 1 is 0.567 bits per heavy atom. The van der Waals surface area contributed by atoms with Crippen molar-refractivity contribution in [3.05, 3.63) is 269 Å². The maximum absolute atomic E-state index is 5.58. The highest BCUT2D eigenvalue weighted by atomic mass is 15.2. The average molecular weight is 861 g/mol. The van der Waals surface area contributed by atoms with Crippen LogP contribution in [0.15, 0.2) is 236 Å². The molecule has 3 aliphatic rings. The van der Waals surface area contributed by atoms with E-state index >= 15 is 0 Å². The summed E-state index contributed by atoms with van der Waals surface area (Å²) in [6, 6.07) is 80.9. The fourth-order valence-corrected chi connectivity index (χ4v) is 11.5. The van der Waals surface area contributed by atoms with Crippen LogP contribution in [0.1, 0.15) is 72.2 Å². The molecule has 9 aromatic carbocycles. The summed E-state index contributed by atoms with van der Waals surface area (Å²) in [6.07, 6.45) is 5.68. The maximum Gasteiger partial charge on any atom is 0.0781 e. The van der Waals surface area contributed by atoms with Gasteiger partial charge >= 0.3 is 0 Å². The molecule has 0 fully saturated rings. The standard InChI is InChI=1S/C65H52N2/c1-43(2)39-51(45-19-7-4-8-20-45)41-56(47-21-9-5-10-22-47)60-40-44(3)64(66-60)49-33-31-46(32-34-49)50-36-37-54-55-38-35-48-23-13-14-26-53(48)63(55)65(59(54)42-50)57-27-15-17-29-61(57)67(52-24-11-6-12-25-52)62-30-18-16-28-58(62)65/h4-39,41-44,64H,40H2,1-3H3/b51-39+,56-41-. The molecular weight excluding hydrogens is 809 g/mol. The van der Waals surface area contributed by atoms with E-state index in [0.29, 0.717) is 11.8 Å². The van der Waals surface area contributed by atoms with Gasteiger partial charge < -0.3 is 4.90 Å². The quantitative estimate of drug-likeness (QED) is 0.139. The van der Waals surface area contributed by atoms with Crippen LogP contribution >= 0.6 is 0 Å². The molecule has 0 aromatic heterocycles. The minimum Gasteiger partial charge on any atom is -0.310 e. The van der Waals surface area contributed by atoms with Gasteiger partial charge in [0.2, 0.25) is 0 Å². The van der Waals surface area contributed by atoms with Crippen molar-refractivity contribution in [2.75, 3.05) is 4.90 Å². The Balaban J connectivity index is 0.975. The lowest BCUT2D eigenvalue weighted by atomic mass is 9.63. The first kappa shape index (κ1) is 40.7. The van der Waals surface area contributed by atoms with Crippen LogP contribution in [-0.4, -0.2) is 5.71 Å². The summed E-state index contributed by atoms with van der Waals surface area (Å²) in [7, 11) is 0. The van der Waals surface area contributed by atoms with Gasteiger partial charge in [-0.1, -0.05) is 215 Å². The zero-order valence-corrected chi connectivity index (χ0v) is 38.3. The van der Waals surface area contributed by atoms with Crippen LogP contribution in [0.2, 0.25) is 0 Å². The Hall–Kier alpha value is -7.81. The van der Waals surface area contributed by atoms with E-state index in [9.17, 15) is 0 Å². The van der Waals surface area contributed by atoms with E-state index in [1.807, 2.05) is 0 Å². The number of aliphatic imine (C=N–C) groups is 1. The molecule has 67 heavy (non-hydrogen) atoms. The lowest BCUT2D eigenvalue weighted by Crippen LogP contribution is -2.36. The number of nitrogens with zero attached hydrogens (tertiary/aromatic N) is 2. The Morgan fingerprint density at radius 3 is 1.84 bits per heavy atom. The minimum absolute atomic E-state index is 0.0688. The first-order chi connectivity index (χ1) is 33.0. The van der Waals surface area contributed by atoms with Crippen molar-refractivity contribution < 1.29 is 0 Å². The van der Waals surface area contributed by atoms with Crippen LogP contribution in [0, 0.1) is 11.8 Å². The van der Waals surface area contributed by atoms with Crippen molar-refractivity contribution in [1.29, 1.82) is 0 Å². The molecule has 1 aliphatic carbocycles. The summed E-state index contributed by atoms with van der Waals surface area (Å²) in [6.45, 7) is 6.87. The summed E-state index contributed by atoms with van der Waals surface area (Å²) < 4.78 is 0. The molecule has 2 atom stereocenters. The van der Waals surface area contributed by atoms with E-state index in [1.54, 1.807) is 0 Å². The second kappa shape index (κ2) is 16.6. The highest BCUT2D eigenvalue weighted by Crippen LogP contribution is 2.65. The van der Waals surface area contributed by atoms with Crippen molar-refractivity contribution in [2.45, 2.75) is 38.6 Å². The third-order valence-electron chi connectivity index (χ3n) is 14.4. The summed E-state index contributed by atoms with van der Waals surface area (Å²) >= 11 is 0. The highest BCUT2D eigenvalue weighted by Gasteiger charge is 2.52. The monoisotopic (exact) mass is 860 g/mol. The van der Waals surface area contributed by atoms with Gasteiger partial charge in [-0.15, -0.1) is 0 Å². The fraction of sp³-hybridized carbons (Fsp3) is 0.123. The minimum atomic E-state index is -0.556. The van der Waals surface area contributed by atoms with Gasteiger partial charge in [-0.3, -0.25) is 4.99 Å². The average Bonchev–Trinajstić information content (AvgIpc) is 3.91.